The predicted molar refractivity (Wildman–Crippen MR) is 74.8 cm³/mol. The molecule has 0 aromatic heterocycles. The maximum Gasteiger partial charge on any atom is 0.119 e. The van der Waals surface area contributed by atoms with E-state index in [9.17, 15) is 0 Å². The summed E-state index contributed by atoms with van der Waals surface area (Å²) < 4.78 is 5.64. The first-order valence-corrected chi connectivity index (χ1v) is 7.06. The lowest BCUT2D eigenvalue weighted by molar-refractivity contribution is 0.209. The summed E-state index contributed by atoms with van der Waals surface area (Å²) >= 11 is 0. The molecule has 1 fully saturated rings. The Morgan fingerprint density at radius 1 is 1.06 bits per heavy atom. The summed E-state index contributed by atoms with van der Waals surface area (Å²) in [6, 6.07) is 10.0. The van der Waals surface area contributed by atoms with Crippen LogP contribution in [0.2, 0.25) is 0 Å². The van der Waals surface area contributed by atoms with Gasteiger partial charge >= 0.3 is 0 Å². The SMILES string of the molecule is c1ccc(OCCCNCN2CCCCC2)cc1. The summed E-state index contributed by atoms with van der Waals surface area (Å²) in [4.78, 5) is 2.50. The summed E-state index contributed by atoms with van der Waals surface area (Å²) in [6.45, 7) is 5.37. The van der Waals surface area contributed by atoms with E-state index in [-0.39, 0.29) is 0 Å². The monoisotopic (exact) mass is 248 g/mol. The Labute approximate surface area is 110 Å². The van der Waals surface area contributed by atoms with Crippen LogP contribution in [0, 0.1) is 0 Å². The smallest absolute Gasteiger partial charge is 0.119 e. The molecule has 0 bridgehead atoms. The molecule has 3 nitrogen and oxygen atoms in total. The molecule has 0 atom stereocenters. The number of piperidine rings is 1. The second kappa shape index (κ2) is 8.11. The number of nitrogens with zero attached hydrogens (tertiary/aromatic N) is 1. The molecule has 0 spiro atoms. The van der Waals surface area contributed by atoms with E-state index in [1.165, 1.54) is 32.4 Å². The number of hydrogen-bond donors (Lipinski definition) is 1. The zero-order chi connectivity index (χ0) is 12.5. The van der Waals surface area contributed by atoms with Crippen LogP contribution in [-0.2, 0) is 0 Å². The second-order valence-corrected chi connectivity index (χ2v) is 4.85. The van der Waals surface area contributed by atoms with Gasteiger partial charge in [0.15, 0.2) is 0 Å². The fraction of sp³-hybridized carbons (Fsp3) is 0.600. The van der Waals surface area contributed by atoms with E-state index in [0.717, 1.165) is 32.0 Å². The van der Waals surface area contributed by atoms with Crippen molar-refractivity contribution in [2.45, 2.75) is 25.7 Å². The molecule has 1 heterocycles. The van der Waals surface area contributed by atoms with Gasteiger partial charge in [-0.2, -0.15) is 0 Å². The van der Waals surface area contributed by atoms with Crippen LogP contribution in [0.25, 0.3) is 0 Å². The average molecular weight is 248 g/mol. The molecule has 1 aromatic rings. The maximum atomic E-state index is 5.64. The molecule has 18 heavy (non-hydrogen) atoms. The molecule has 0 aliphatic carbocycles. The maximum absolute atomic E-state index is 5.64. The standard InChI is InChI=1S/C15H24N2O/c1-3-8-15(9-4-1)18-13-7-10-16-14-17-11-5-2-6-12-17/h1,3-4,8-9,16H,2,5-7,10-14H2. The van der Waals surface area contributed by atoms with Gasteiger partial charge in [-0.3, -0.25) is 4.90 Å². The van der Waals surface area contributed by atoms with Crippen molar-refractivity contribution in [1.29, 1.82) is 0 Å². The van der Waals surface area contributed by atoms with E-state index in [2.05, 4.69) is 10.2 Å². The van der Waals surface area contributed by atoms with Gasteiger partial charge in [-0.05, 0) is 51.0 Å². The van der Waals surface area contributed by atoms with E-state index in [1.807, 2.05) is 30.3 Å². The van der Waals surface area contributed by atoms with Crippen molar-refractivity contribution in [3.8, 4) is 5.75 Å². The summed E-state index contributed by atoms with van der Waals surface area (Å²) in [5, 5.41) is 3.49. The fourth-order valence-corrected chi connectivity index (χ4v) is 2.26. The van der Waals surface area contributed by atoms with Crippen molar-refractivity contribution in [3.63, 3.8) is 0 Å². The Balaban J connectivity index is 1.46. The lowest BCUT2D eigenvalue weighted by atomic mass is 10.1. The van der Waals surface area contributed by atoms with E-state index in [1.54, 1.807) is 0 Å². The third-order valence-corrected chi connectivity index (χ3v) is 3.29. The minimum absolute atomic E-state index is 0.789. The third-order valence-electron chi connectivity index (χ3n) is 3.29. The number of nitrogens with one attached hydrogen (secondary N) is 1. The molecule has 1 saturated heterocycles. The minimum Gasteiger partial charge on any atom is -0.494 e. The van der Waals surface area contributed by atoms with Crippen molar-refractivity contribution in [3.05, 3.63) is 30.3 Å². The highest BCUT2D eigenvalue weighted by molar-refractivity contribution is 5.20. The number of hydrogen-bond acceptors (Lipinski definition) is 3. The van der Waals surface area contributed by atoms with Crippen molar-refractivity contribution >= 4 is 0 Å². The zero-order valence-corrected chi connectivity index (χ0v) is 11.1. The number of rotatable bonds is 7. The van der Waals surface area contributed by atoms with Gasteiger partial charge in [-0.25, -0.2) is 0 Å². The minimum atomic E-state index is 0.789. The molecule has 0 amide bonds. The molecule has 3 heteroatoms. The normalized spacial score (nSPS) is 16.7. The number of para-hydroxylation sites is 1. The van der Waals surface area contributed by atoms with Gasteiger partial charge in [0.2, 0.25) is 0 Å². The Morgan fingerprint density at radius 2 is 1.83 bits per heavy atom. The van der Waals surface area contributed by atoms with Gasteiger partial charge < -0.3 is 10.1 Å². The lowest BCUT2D eigenvalue weighted by Gasteiger charge is -2.26. The number of ether oxygens (including phenoxy) is 1. The Bertz CT molecular complexity index is 310. The summed E-state index contributed by atoms with van der Waals surface area (Å²) in [7, 11) is 0. The first-order valence-electron chi connectivity index (χ1n) is 7.06. The van der Waals surface area contributed by atoms with Crippen LogP contribution in [0.1, 0.15) is 25.7 Å². The van der Waals surface area contributed by atoms with Crippen LogP contribution in [0.5, 0.6) is 5.75 Å². The largest absolute Gasteiger partial charge is 0.494 e. The summed E-state index contributed by atoms with van der Waals surface area (Å²) in [6.07, 6.45) is 5.18. The van der Waals surface area contributed by atoms with Crippen molar-refractivity contribution in [1.82, 2.24) is 10.2 Å². The molecular weight excluding hydrogens is 224 g/mol. The van der Waals surface area contributed by atoms with E-state index < -0.39 is 0 Å². The van der Waals surface area contributed by atoms with Crippen molar-refractivity contribution < 1.29 is 4.74 Å². The van der Waals surface area contributed by atoms with E-state index >= 15 is 0 Å². The summed E-state index contributed by atoms with van der Waals surface area (Å²) in [5.41, 5.74) is 0. The Kier molecular flexibility index (Phi) is 6.03. The highest BCUT2D eigenvalue weighted by Gasteiger charge is 2.08. The van der Waals surface area contributed by atoms with Crippen molar-refractivity contribution in [2.24, 2.45) is 0 Å². The van der Waals surface area contributed by atoms with Gasteiger partial charge in [0.05, 0.1) is 6.61 Å². The first-order chi connectivity index (χ1) is 8.95. The van der Waals surface area contributed by atoms with Gasteiger partial charge in [-0.1, -0.05) is 24.6 Å². The highest BCUT2D eigenvalue weighted by atomic mass is 16.5. The van der Waals surface area contributed by atoms with Crippen LogP contribution in [0.4, 0.5) is 0 Å². The summed E-state index contributed by atoms with van der Waals surface area (Å²) in [5.74, 6) is 0.966. The van der Waals surface area contributed by atoms with Crippen LogP contribution < -0.4 is 10.1 Å². The first kappa shape index (κ1) is 13.4. The Hall–Kier alpha value is -1.06. The molecule has 1 aromatic carbocycles. The quantitative estimate of drug-likeness (QED) is 0.750. The Morgan fingerprint density at radius 3 is 2.61 bits per heavy atom. The van der Waals surface area contributed by atoms with E-state index in [0.29, 0.717) is 0 Å². The van der Waals surface area contributed by atoms with Gasteiger partial charge in [0.25, 0.3) is 0 Å². The average Bonchev–Trinajstić information content (AvgIpc) is 2.45. The van der Waals surface area contributed by atoms with Crippen LogP contribution >= 0.6 is 0 Å². The lowest BCUT2D eigenvalue weighted by Crippen LogP contribution is -2.38. The molecule has 0 radical (unpaired) electrons. The van der Waals surface area contributed by atoms with Crippen molar-refractivity contribution in [2.75, 3.05) is 32.9 Å². The van der Waals surface area contributed by atoms with Crippen LogP contribution in [-0.4, -0.2) is 37.8 Å². The number of likely N-dealkylation sites (tertiary alicyclic amines) is 1. The van der Waals surface area contributed by atoms with Gasteiger partial charge in [0.1, 0.15) is 5.75 Å². The van der Waals surface area contributed by atoms with E-state index in [4.69, 9.17) is 4.74 Å². The molecule has 1 aliphatic heterocycles. The topological polar surface area (TPSA) is 24.5 Å². The molecule has 0 unspecified atom stereocenters. The second-order valence-electron chi connectivity index (χ2n) is 4.85. The third kappa shape index (κ3) is 5.07. The van der Waals surface area contributed by atoms with Gasteiger partial charge in [-0.15, -0.1) is 0 Å². The molecule has 1 aliphatic rings. The van der Waals surface area contributed by atoms with Gasteiger partial charge in [0, 0.05) is 6.67 Å². The highest BCUT2D eigenvalue weighted by Crippen LogP contribution is 2.08. The zero-order valence-electron chi connectivity index (χ0n) is 11.1. The molecule has 1 N–H and O–H groups in total. The van der Waals surface area contributed by atoms with Crippen LogP contribution in [0.15, 0.2) is 30.3 Å². The molecule has 2 rings (SSSR count). The number of benzene rings is 1. The molecule has 0 saturated carbocycles. The predicted octanol–water partition coefficient (Wildman–Crippen LogP) is 2.49. The molecule has 100 valence electrons. The fourth-order valence-electron chi connectivity index (χ4n) is 2.26. The van der Waals surface area contributed by atoms with Crippen LogP contribution in [0.3, 0.4) is 0 Å². The molecular formula is C15H24N2O.